The van der Waals surface area contributed by atoms with Gasteiger partial charge in [-0.15, -0.1) is 0 Å². The van der Waals surface area contributed by atoms with Crippen LogP contribution < -0.4 is 15.4 Å². The Morgan fingerprint density at radius 3 is 2.39 bits per heavy atom. The predicted molar refractivity (Wildman–Crippen MR) is 120 cm³/mol. The van der Waals surface area contributed by atoms with Crippen molar-refractivity contribution in [3.63, 3.8) is 0 Å². The zero-order valence-electron chi connectivity index (χ0n) is 16.7. The second-order valence-corrected chi connectivity index (χ2v) is 7.67. The molecule has 2 N–H and O–H groups in total. The van der Waals surface area contributed by atoms with Crippen LogP contribution in [0.3, 0.4) is 0 Å². The zero-order valence-corrected chi connectivity index (χ0v) is 17.5. The van der Waals surface area contributed by atoms with Crippen LogP contribution >= 0.6 is 12.2 Å². The molecule has 2 aromatic carbocycles. The molecule has 0 radical (unpaired) electrons. The maximum Gasteiger partial charge on any atom is 0.166 e. The van der Waals surface area contributed by atoms with Crippen LogP contribution in [-0.4, -0.2) is 43.3 Å². The number of hydrogen-bond acceptors (Lipinski definition) is 3. The highest BCUT2D eigenvalue weighted by Crippen LogP contribution is 2.25. The molecule has 5 heteroatoms. The van der Waals surface area contributed by atoms with Gasteiger partial charge in [0.05, 0.1) is 13.2 Å². The molecule has 0 aromatic heterocycles. The lowest BCUT2D eigenvalue weighted by Gasteiger charge is -2.35. The molecule has 0 saturated carbocycles. The van der Waals surface area contributed by atoms with E-state index in [9.17, 15) is 0 Å². The monoisotopic (exact) mass is 397 g/mol. The van der Waals surface area contributed by atoms with Gasteiger partial charge in [-0.2, -0.15) is 0 Å². The Labute approximate surface area is 174 Å². The first kappa shape index (κ1) is 20.6. The molecule has 1 fully saturated rings. The van der Waals surface area contributed by atoms with Crippen LogP contribution in [0.4, 0.5) is 0 Å². The standard InChI is InChI=1S/C23H31N3OS/c1-27-21-12-10-20(11-13-21)22(26-16-6-3-7-17-26)18-25-23(28)24-15-14-19-8-4-2-5-9-19/h2,4-5,8-13,22H,3,6-7,14-18H2,1H3,(H2,24,25,28)/t22-/m0/s1. The lowest BCUT2D eigenvalue weighted by molar-refractivity contribution is 0.164. The molecular formula is C23H31N3OS. The average molecular weight is 398 g/mol. The van der Waals surface area contributed by atoms with Crippen molar-refractivity contribution in [3.8, 4) is 5.75 Å². The Kier molecular flexibility index (Phi) is 8.12. The van der Waals surface area contributed by atoms with Gasteiger partial charge in [-0.05, 0) is 67.8 Å². The molecule has 1 heterocycles. The van der Waals surface area contributed by atoms with E-state index in [1.54, 1.807) is 7.11 Å². The Morgan fingerprint density at radius 2 is 1.71 bits per heavy atom. The van der Waals surface area contributed by atoms with Gasteiger partial charge < -0.3 is 15.4 Å². The number of likely N-dealkylation sites (tertiary alicyclic amines) is 1. The minimum absolute atomic E-state index is 0.320. The van der Waals surface area contributed by atoms with Crippen LogP contribution in [0.5, 0.6) is 5.75 Å². The van der Waals surface area contributed by atoms with Crippen molar-refractivity contribution in [2.24, 2.45) is 0 Å². The molecule has 0 unspecified atom stereocenters. The molecule has 0 bridgehead atoms. The highest BCUT2D eigenvalue weighted by atomic mass is 32.1. The zero-order chi connectivity index (χ0) is 19.6. The Bertz CT molecular complexity index is 714. The third-order valence-electron chi connectivity index (χ3n) is 5.33. The van der Waals surface area contributed by atoms with E-state index >= 15 is 0 Å². The van der Waals surface area contributed by atoms with Crippen molar-refractivity contribution >= 4 is 17.3 Å². The van der Waals surface area contributed by atoms with E-state index in [1.165, 1.54) is 30.4 Å². The van der Waals surface area contributed by atoms with E-state index in [1.807, 2.05) is 18.2 Å². The number of thiocarbonyl (C=S) groups is 1. The van der Waals surface area contributed by atoms with E-state index in [-0.39, 0.29) is 0 Å². The van der Waals surface area contributed by atoms with Gasteiger partial charge in [-0.3, -0.25) is 4.90 Å². The second kappa shape index (κ2) is 11.0. The molecule has 4 nitrogen and oxygen atoms in total. The molecule has 0 amide bonds. The highest BCUT2D eigenvalue weighted by Gasteiger charge is 2.22. The minimum atomic E-state index is 0.320. The predicted octanol–water partition coefficient (Wildman–Crippen LogP) is 3.93. The number of nitrogens with zero attached hydrogens (tertiary/aromatic N) is 1. The van der Waals surface area contributed by atoms with E-state index in [4.69, 9.17) is 17.0 Å². The van der Waals surface area contributed by atoms with Crippen LogP contribution in [0.15, 0.2) is 54.6 Å². The minimum Gasteiger partial charge on any atom is -0.497 e. The summed E-state index contributed by atoms with van der Waals surface area (Å²) in [5.41, 5.74) is 2.63. The van der Waals surface area contributed by atoms with Gasteiger partial charge in [-0.1, -0.05) is 48.9 Å². The fourth-order valence-corrected chi connectivity index (χ4v) is 3.92. The fraction of sp³-hybridized carbons (Fsp3) is 0.435. The van der Waals surface area contributed by atoms with Crippen molar-refractivity contribution in [2.45, 2.75) is 31.7 Å². The van der Waals surface area contributed by atoms with E-state index < -0.39 is 0 Å². The average Bonchev–Trinajstić information content (AvgIpc) is 2.76. The maximum atomic E-state index is 5.52. The van der Waals surface area contributed by atoms with Gasteiger partial charge in [-0.25, -0.2) is 0 Å². The van der Waals surface area contributed by atoms with Gasteiger partial charge in [0, 0.05) is 13.1 Å². The molecule has 0 spiro atoms. The van der Waals surface area contributed by atoms with Crippen LogP contribution in [-0.2, 0) is 6.42 Å². The summed E-state index contributed by atoms with van der Waals surface area (Å²) >= 11 is 5.52. The molecule has 2 aromatic rings. The topological polar surface area (TPSA) is 36.5 Å². The van der Waals surface area contributed by atoms with Crippen LogP contribution in [0, 0.1) is 0 Å². The molecule has 1 aliphatic heterocycles. The van der Waals surface area contributed by atoms with Crippen molar-refractivity contribution in [1.29, 1.82) is 0 Å². The normalized spacial score (nSPS) is 15.6. The third-order valence-corrected chi connectivity index (χ3v) is 5.62. The van der Waals surface area contributed by atoms with Gasteiger partial charge in [0.25, 0.3) is 0 Å². The first-order valence-electron chi connectivity index (χ1n) is 10.2. The van der Waals surface area contributed by atoms with Gasteiger partial charge >= 0.3 is 0 Å². The molecule has 3 rings (SSSR count). The van der Waals surface area contributed by atoms with E-state index in [0.29, 0.717) is 6.04 Å². The number of benzene rings is 2. The summed E-state index contributed by atoms with van der Waals surface area (Å²) in [6, 6.07) is 19.2. The molecule has 28 heavy (non-hydrogen) atoms. The maximum absolute atomic E-state index is 5.52. The summed E-state index contributed by atoms with van der Waals surface area (Å²) in [6.45, 7) is 3.94. The smallest absolute Gasteiger partial charge is 0.166 e. The van der Waals surface area contributed by atoms with E-state index in [0.717, 1.165) is 43.5 Å². The number of methoxy groups -OCH3 is 1. The summed E-state index contributed by atoms with van der Waals surface area (Å²) in [4.78, 5) is 2.57. The first-order valence-corrected chi connectivity index (χ1v) is 10.6. The SMILES string of the molecule is COc1ccc([C@H](CNC(=S)NCCc2ccccc2)N2CCCCC2)cc1. The molecule has 1 aliphatic rings. The molecule has 1 saturated heterocycles. The number of piperidine rings is 1. The molecule has 0 aliphatic carbocycles. The van der Waals surface area contributed by atoms with Gasteiger partial charge in [0.2, 0.25) is 0 Å². The van der Waals surface area contributed by atoms with Crippen LogP contribution in [0.2, 0.25) is 0 Å². The summed E-state index contributed by atoms with van der Waals surface area (Å²) in [5.74, 6) is 0.896. The quantitative estimate of drug-likeness (QED) is 0.660. The molecule has 150 valence electrons. The number of ether oxygens (including phenoxy) is 1. The van der Waals surface area contributed by atoms with E-state index in [2.05, 4.69) is 51.9 Å². The van der Waals surface area contributed by atoms with Crippen LogP contribution in [0.25, 0.3) is 0 Å². The summed E-state index contributed by atoms with van der Waals surface area (Å²) < 4.78 is 5.31. The Balaban J connectivity index is 1.53. The largest absolute Gasteiger partial charge is 0.497 e. The lowest BCUT2D eigenvalue weighted by Crippen LogP contribution is -2.43. The second-order valence-electron chi connectivity index (χ2n) is 7.26. The fourth-order valence-electron chi connectivity index (χ4n) is 3.73. The number of nitrogens with one attached hydrogen (secondary N) is 2. The lowest BCUT2D eigenvalue weighted by atomic mass is 10.0. The van der Waals surface area contributed by atoms with Crippen molar-refractivity contribution in [1.82, 2.24) is 15.5 Å². The highest BCUT2D eigenvalue weighted by molar-refractivity contribution is 7.80. The van der Waals surface area contributed by atoms with Crippen LogP contribution in [0.1, 0.15) is 36.4 Å². The summed E-state index contributed by atoms with van der Waals surface area (Å²) in [6.07, 6.45) is 4.84. The third kappa shape index (κ3) is 6.21. The molecular weight excluding hydrogens is 366 g/mol. The van der Waals surface area contributed by atoms with Crippen molar-refractivity contribution in [2.75, 3.05) is 33.3 Å². The number of hydrogen-bond donors (Lipinski definition) is 2. The Morgan fingerprint density at radius 1 is 1.00 bits per heavy atom. The molecule has 1 atom stereocenters. The Hall–Kier alpha value is -2.11. The summed E-state index contributed by atoms with van der Waals surface area (Å²) in [7, 11) is 1.71. The number of rotatable bonds is 8. The van der Waals surface area contributed by atoms with Crippen molar-refractivity contribution < 1.29 is 4.74 Å². The first-order chi connectivity index (χ1) is 13.8. The van der Waals surface area contributed by atoms with Gasteiger partial charge in [0.15, 0.2) is 5.11 Å². The van der Waals surface area contributed by atoms with Crippen molar-refractivity contribution in [3.05, 3.63) is 65.7 Å². The van der Waals surface area contributed by atoms with Gasteiger partial charge in [0.1, 0.15) is 5.75 Å². The summed E-state index contributed by atoms with van der Waals surface area (Å²) in [5, 5.41) is 7.51.